The van der Waals surface area contributed by atoms with Gasteiger partial charge in [-0.05, 0) is 29.2 Å². The molecule has 0 saturated heterocycles. The highest BCUT2D eigenvalue weighted by molar-refractivity contribution is 8.36. The topological polar surface area (TPSA) is 60.4 Å². The minimum Gasteiger partial charge on any atom is -0.465 e. The Kier molecular flexibility index (Phi) is 7.23. The molecule has 1 aliphatic carbocycles. The van der Waals surface area contributed by atoms with Gasteiger partial charge in [-0.3, -0.25) is 9.59 Å². The van der Waals surface area contributed by atoms with E-state index in [2.05, 4.69) is 0 Å². The lowest BCUT2D eigenvalue weighted by Crippen LogP contribution is -2.25. The van der Waals surface area contributed by atoms with Crippen LogP contribution in [0.15, 0.2) is 73.5 Å². The molecule has 2 aliphatic rings. The highest BCUT2D eigenvalue weighted by Crippen LogP contribution is 2.56. The van der Waals surface area contributed by atoms with Crippen molar-refractivity contribution in [2.24, 2.45) is 0 Å². The van der Waals surface area contributed by atoms with Crippen LogP contribution < -0.4 is 0 Å². The molecule has 0 aromatic heterocycles. The van der Waals surface area contributed by atoms with Gasteiger partial charge >= 0.3 is 5.97 Å². The quantitative estimate of drug-likeness (QED) is 0.300. The standard InChI is InChI=1S/C24H19FO4S3/c1-29-22(28)21-24(30-13-14-7-9-17(25)10-8-14)32-23(31-21)20-18(26)11-16(12-19(20)27)15-5-3-2-4-6-15/h2-10,16H,11-13H2,1H3. The number of ether oxygens (including phenoxy) is 1. The number of thioether (sulfide) groups is 3. The summed E-state index contributed by atoms with van der Waals surface area (Å²) in [6.07, 6.45) is 0.530. The van der Waals surface area contributed by atoms with E-state index in [1.807, 2.05) is 30.3 Å². The zero-order valence-electron chi connectivity index (χ0n) is 17.1. The van der Waals surface area contributed by atoms with Gasteiger partial charge in [0.25, 0.3) is 0 Å². The highest BCUT2D eigenvalue weighted by Gasteiger charge is 2.38. The first-order valence-electron chi connectivity index (χ1n) is 9.87. The van der Waals surface area contributed by atoms with E-state index in [1.165, 1.54) is 42.8 Å². The van der Waals surface area contributed by atoms with Gasteiger partial charge in [-0.2, -0.15) is 0 Å². The number of Topliss-reactive ketones (excluding diaryl/α,β-unsaturated/α-hetero) is 2. The van der Waals surface area contributed by atoms with Crippen LogP contribution in [0.2, 0.25) is 0 Å². The molecule has 0 atom stereocenters. The third-order valence-electron chi connectivity index (χ3n) is 5.12. The van der Waals surface area contributed by atoms with Crippen molar-refractivity contribution in [1.82, 2.24) is 0 Å². The van der Waals surface area contributed by atoms with Crippen LogP contribution in [0.25, 0.3) is 0 Å². The summed E-state index contributed by atoms with van der Waals surface area (Å²) in [5.74, 6) is -0.813. The van der Waals surface area contributed by atoms with Gasteiger partial charge in [-0.1, -0.05) is 66.0 Å². The number of carbonyl (C=O) groups excluding carboxylic acids is 3. The van der Waals surface area contributed by atoms with E-state index >= 15 is 0 Å². The Hall–Kier alpha value is -2.29. The van der Waals surface area contributed by atoms with Crippen molar-refractivity contribution in [2.75, 3.05) is 7.11 Å². The zero-order valence-corrected chi connectivity index (χ0v) is 19.6. The first-order chi connectivity index (χ1) is 15.5. The molecule has 1 heterocycles. The molecule has 2 aromatic rings. The predicted molar refractivity (Wildman–Crippen MR) is 127 cm³/mol. The van der Waals surface area contributed by atoms with Crippen LogP contribution in [0.5, 0.6) is 0 Å². The van der Waals surface area contributed by atoms with E-state index in [4.69, 9.17) is 4.74 Å². The Balaban J connectivity index is 1.54. The summed E-state index contributed by atoms with van der Waals surface area (Å²) >= 11 is 3.79. The number of allylic oxidation sites excluding steroid dienone is 1. The fraction of sp³-hybridized carbons (Fsp3) is 0.208. The average molecular weight is 487 g/mol. The lowest BCUT2D eigenvalue weighted by atomic mass is 9.80. The first kappa shape index (κ1) is 22.9. The van der Waals surface area contributed by atoms with E-state index in [9.17, 15) is 18.8 Å². The van der Waals surface area contributed by atoms with Crippen molar-refractivity contribution in [1.29, 1.82) is 0 Å². The molecule has 0 bridgehead atoms. The number of ketones is 2. The van der Waals surface area contributed by atoms with Gasteiger partial charge in [0.05, 0.1) is 21.2 Å². The molecule has 4 rings (SSSR count). The van der Waals surface area contributed by atoms with Crippen LogP contribution >= 0.6 is 35.3 Å². The lowest BCUT2D eigenvalue weighted by Gasteiger charge is -2.23. The summed E-state index contributed by atoms with van der Waals surface area (Å²) in [4.78, 5) is 38.6. The number of halogens is 1. The maximum Gasteiger partial charge on any atom is 0.346 e. The van der Waals surface area contributed by atoms with Gasteiger partial charge in [0.15, 0.2) is 11.6 Å². The monoisotopic (exact) mass is 486 g/mol. The smallest absolute Gasteiger partial charge is 0.346 e. The molecule has 2 aromatic carbocycles. The molecule has 32 heavy (non-hydrogen) atoms. The number of carbonyl (C=O) groups is 3. The highest BCUT2D eigenvalue weighted by atomic mass is 32.2. The lowest BCUT2D eigenvalue weighted by molar-refractivity contribution is -0.135. The SMILES string of the molecule is COC(=O)C1=C(SCc2ccc(F)cc2)SC(=C2C(=O)CC(c3ccccc3)CC2=O)S1. The van der Waals surface area contributed by atoms with Gasteiger partial charge in [0.1, 0.15) is 10.7 Å². The molecule has 8 heteroatoms. The largest absolute Gasteiger partial charge is 0.465 e. The Labute approximate surface area is 198 Å². The molecule has 1 saturated carbocycles. The van der Waals surface area contributed by atoms with Gasteiger partial charge in [-0.25, -0.2) is 9.18 Å². The number of methoxy groups -OCH3 is 1. The number of esters is 1. The third kappa shape index (κ3) is 5.03. The molecule has 0 unspecified atom stereocenters. The van der Waals surface area contributed by atoms with Crippen molar-refractivity contribution in [3.63, 3.8) is 0 Å². The summed E-state index contributed by atoms with van der Waals surface area (Å²) in [5, 5.41) is 0. The number of hydrogen-bond acceptors (Lipinski definition) is 7. The van der Waals surface area contributed by atoms with E-state index < -0.39 is 5.97 Å². The van der Waals surface area contributed by atoms with E-state index in [-0.39, 0.29) is 41.7 Å². The van der Waals surface area contributed by atoms with Crippen LogP contribution in [0.4, 0.5) is 4.39 Å². The molecular formula is C24H19FO4S3. The molecule has 1 fully saturated rings. The maximum atomic E-state index is 13.2. The number of hydrogen-bond donors (Lipinski definition) is 0. The van der Waals surface area contributed by atoms with Crippen LogP contribution in [-0.4, -0.2) is 24.6 Å². The molecule has 0 radical (unpaired) electrons. The van der Waals surface area contributed by atoms with Crippen molar-refractivity contribution in [2.45, 2.75) is 24.5 Å². The first-order valence-corrected chi connectivity index (χ1v) is 12.5. The molecular weight excluding hydrogens is 467 g/mol. The van der Waals surface area contributed by atoms with Crippen LogP contribution in [0.3, 0.4) is 0 Å². The summed E-state index contributed by atoms with van der Waals surface area (Å²) in [7, 11) is 1.30. The second kappa shape index (κ2) is 10.1. The third-order valence-corrected chi connectivity index (χ3v) is 9.17. The van der Waals surface area contributed by atoms with Crippen LogP contribution in [0.1, 0.15) is 29.9 Å². The van der Waals surface area contributed by atoms with Crippen molar-refractivity contribution in [3.05, 3.63) is 90.5 Å². The molecule has 1 aliphatic heterocycles. The molecule has 0 spiro atoms. The number of rotatable bonds is 5. The van der Waals surface area contributed by atoms with Crippen molar-refractivity contribution in [3.8, 4) is 0 Å². The molecule has 164 valence electrons. The van der Waals surface area contributed by atoms with Gasteiger partial charge < -0.3 is 4.74 Å². The minimum atomic E-state index is -0.502. The fourth-order valence-corrected chi connectivity index (χ4v) is 7.68. The maximum absolute atomic E-state index is 13.2. The average Bonchev–Trinajstić information content (AvgIpc) is 3.22. The number of benzene rings is 2. The van der Waals surface area contributed by atoms with Gasteiger partial charge in [-0.15, -0.1) is 11.8 Å². The summed E-state index contributed by atoms with van der Waals surface area (Å²) < 4.78 is 19.3. The normalized spacial score (nSPS) is 19.0. The van der Waals surface area contributed by atoms with Crippen molar-refractivity contribution < 1.29 is 23.5 Å². The summed E-state index contributed by atoms with van der Waals surface area (Å²) in [6.45, 7) is 0. The van der Waals surface area contributed by atoms with E-state index in [1.54, 1.807) is 12.1 Å². The minimum absolute atomic E-state index is 0.127. The molecule has 4 nitrogen and oxygen atoms in total. The fourth-order valence-electron chi connectivity index (χ4n) is 3.50. The second-order valence-electron chi connectivity index (χ2n) is 7.25. The second-order valence-corrected chi connectivity index (χ2v) is 10.8. The zero-order chi connectivity index (χ0) is 22.7. The van der Waals surface area contributed by atoms with Gasteiger partial charge in [0, 0.05) is 18.6 Å². The van der Waals surface area contributed by atoms with Crippen LogP contribution in [-0.2, 0) is 24.9 Å². The van der Waals surface area contributed by atoms with E-state index in [0.29, 0.717) is 19.1 Å². The van der Waals surface area contributed by atoms with Crippen molar-refractivity contribution >= 4 is 52.8 Å². The molecule has 0 N–H and O–H groups in total. The predicted octanol–water partition coefficient (Wildman–Crippen LogP) is 5.81. The van der Waals surface area contributed by atoms with E-state index in [0.717, 1.165) is 22.9 Å². The van der Waals surface area contributed by atoms with Gasteiger partial charge in [0.2, 0.25) is 0 Å². The summed E-state index contributed by atoms with van der Waals surface area (Å²) in [6, 6.07) is 15.7. The molecule has 0 amide bonds. The Morgan fingerprint density at radius 3 is 2.31 bits per heavy atom. The van der Waals surface area contributed by atoms with Crippen LogP contribution in [0, 0.1) is 5.82 Å². The Morgan fingerprint density at radius 1 is 1.03 bits per heavy atom. The Bertz CT molecular complexity index is 1100. The summed E-state index contributed by atoms with van der Waals surface area (Å²) in [5.41, 5.74) is 2.07. The Morgan fingerprint density at radius 2 is 1.69 bits per heavy atom.